The molecule has 1 aliphatic carbocycles. The molecule has 0 spiro atoms. The van der Waals surface area contributed by atoms with E-state index in [4.69, 9.17) is 13.9 Å². The third kappa shape index (κ3) is 4.85. The van der Waals surface area contributed by atoms with Gasteiger partial charge in [-0.25, -0.2) is 0 Å². The van der Waals surface area contributed by atoms with E-state index in [1.807, 2.05) is 10.6 Å². The second-order valence-corrected chi connectivity index (χ2v) is 6.91. The van der Waals surface area contributed by atoms with Crippen molar-refractivity contribution in [1.82, 2.24) is 14.8 Å². The van der Waals surface area contributed by atoms with E-state index in [0.717, 1.165) is 25.7 Å². The Labute approximate surface area is 151 Å². The minimum atomic E-state index is -0.197. The van der Waals surface area contributed by atoms with Gasteiger partial charge in [-0.1, -0.05) is 18.2 Å². The highest BCUT2D eigenvalue weighted by Crippen LogP contribution is 2.25. The summed E-state index contributed by atoms with van der Waals surface area (Å²) >= 11 is 1.33. The third-order valence-corrected chi connectivity index (χ3v) is 5.09. The summed E-state index contributed by atoms with van der Waals surface area (Å²) in [7, 11) is 1.64. The minimum Gasteiger partial charge on any atom is -0.462 e. The highest BCUT2D eigenvalue weighted by Gasteiger charge is 2.20. The van der Waals surface area contributed by atoms with E-state index in [1.165, 1.54) is 18.2 Å². The molecule has 0 radical (unpaired) electrons. The van der Waals surface area contributed by atoms with Crippen LogP contribution in [0.2, 0.25) is 0 Å². The van der Waals surface area contributed by atoms with Crippen LogP contribution in [0.4, 0.5) is 0 Å². The summed E-state index contributed by atoms with van der Waals surface area (Å²) in [5, 5.41) is 9.05. The van der Waals surface area contributed by atoms with Crippen LogP contribution in [0.15, 0.2) is 28.0 Å². The van der Waals surface area contributed by atoms with Gasteiger partial charge in [0.25, 0.3) is 0 Å². The van der Waals surface area contributed by atoms with Crippen molar-refractivity contribution in [2.24, 2.45) is 0 Å². The predicted molar refractivity (Wildman–Crippen MR) is 93.3 cm³/mol. The average Bonchev–Trinajstić information content (AvgIpc) is 3.28. The molecule has 2 aromatic heterocycles. The van der Waals surface area contributed by atoms with E-state index in [2.05, 4.69) is 10.2 Å². The Morgan fingerprint density at radius 3 is 2.92 bits per heavy atom. The number of thioether (sulfide) groups is 1. The first kappa shape index (κ1) is 18.0. The number of hydrogen-bond donors (Lipinski definition) is 0. The smallest absolute Gasteiger partial charge is 0.316 e. The van der Waals surface area contributed by atoms with Gasteiger partial charge in [0.15, 0.2) is 10.9 Å². The highest BCUT2D eigenvalue weighted by molar-refractivity contribution is 7.99. The summed E-state index contributed by atoms with van der Waals surface area (Å²) in [6.07, 6.45) is 7.14. The van der Waals surface area contributed by atoms with Gasteiger partial charge < -0.3 is 13.9 Å². The zero-order valence-corrected chi connectivity index (χ0v) is 15.2. The van der Waals surface area contributed by atoms with Crippen molar-refractivity contribution in [2.75, 3.05) is 19.5 Å². The summed E-state index contributed by atoms with van der Waals surface area (Å²) in [5.74, 6) is 1.29. The van der Waals surface area contributed by atoms with Crippen LogP contribution in [0.25, 0.3) is 11.6 Å². The zero-order chi connectivity index (χ0) is 17.5. The highest BCUT2D eigenvalue weighted by atomic mass is 32.2. The van der Waals surface area contributed by atoms with E-state index in [1.54, 1.807) is 19.4 Å². The van der Waals surface area contributed by atoms with Crippen LogP contribution >= 0.6 is 11.8 Å². The molecule has 136 valence electrons. The fraction of sp³-hybridized carbons (Fsp3) is 0.588. The molecule has 0 amide bonds. The Hall–Kier alpha value is -1.80. The molecule has 2 aromatic rings. The van der Waals surface area contributed by atoms with Gasteiger partial charge in [-0.2, -0.15) is 0 Å². The lowest BCUT2D eigenvalue weighted by molar-refractivity contribution is -0.147. The number of aromatic nitrogens is 3. The molecule has 0 aromatic carbocycles. The molecule has 3 rings (SSSR count). The first-order chi connectivity index (χ1) is 12.3. The molecule has 0 saturated heterocycles. The van der Waals surface area contributed by atoms with Gasteiger partial charge in [-0.3, -0.25) is 9.36 Å². The lowest BCUT2D eigenvalue weighted by Gasteiger charge is -2.21. The SMILES string of the molecule is COCCn1c(SCC(=O)OC2CCCCC2)nnc1-c1ccco1. The van der Waals surface area contributed by atoms with Crippen molar-refractivity contribution in [2.45, 2.75) is 49.9 Å². The molecule has 0 aliphatic heterocycles. The first-order valence-electron chi connectivity index (χ1n) is 8.56. The lowest BCUT2D eigenvalue weighted by atomic mass is 9.98. The second kappa shape index (κ2) is 9.05. The fourth-order valence-electron chi connectivity index (χ4n) is 2.89. The molecule has 0 atom stereocenters. The molecular weight excluding hydrogens is 342 g/mol. The number of furan rings is 1. The van der Waals surface area contributed by atoms with Crippen LogP contribution in [0, 0.1) is 0 Å². The van der Waals surface area contributed by atoms with Crippen molar-refractivity contribution >= 4 is 17.7 Å². The topological polar surface area (TPSA) is 79.4 Å². The van der Waals surface area contributed by atoms with Crippen LogP contribution in [-0.4, -0.2) is 46.3 Å². The largest absolute Gasteiger partial charge is 0.462 e. The van der Waals surface area contributed by atoms with Crippen LogP contribution in [0.3, 0.4) is 0 Å². The van der Waals surface area contributed by atoms with Gasteiger partial charge in [0.05, 0.1) is 25.2 Å². The monoisotopic (exact) mass is 365 g/mol. The maximum Gasteiger partial charge on any atom is 0.316 e. The first-order valence-corrected chi connectivity index (χ1v) is 9.55. The number of esters is 1. The fourth-order valence-corrected chi connectivity index (χ4v) is 3.64. The normalized spacial score (nSPS) is 15.4. The van der Waals surface area contributed by atoms with E-state index in [0.29, 0.717) is 29.9 Å². The van der Waals surface area contributed by atoms with Gasteiger partial charge in [0.2, 0.25) is 5.82 Å². The van der Waals surface area contributed by atoms with Gasteiger partial charge >= 0.3 is 5.97 Å². The molecule has 1 saturated carbocycles. The van der Waals surface area contributed by atoms with E-state index >= 15 is 0 Å². The van der Waals surface area contributed by atoms with Gasteiger partial charge in [0.1, 0.15) is 6.10 Å². The molecular formula is C17H23N3O4S. The van der Waals surface area contributed by atoms with Crippen molar-refractivity contribution in [3.05, 3.63) is 18.4 Å². The minimum absolute atomic E-state index is 0.0758. The Morgan fingerprint density at radius 2 is 2.20 bits per heavy atom. The quantitative estimate of drug-likeness (QED) is 0.525. The third-order valence-electron chi connectivity index (χ3n) is 4.15. The van der Waals surface area contributed by atoms with E-state index in [9.17, 15) is 4.79 Å². The number of carbonyl (C=O) groups excluding carboxylic acids is 1. The molecule has 0 bridgehead atoms. The van der Waals surface area contributed by atoms with Crippen molar-refractivity contribution in [3.8, 4) is 11.6 Å². The number of ether oxygens (including phenoxy) is 2. The Balaban J connectivity index is 1.62. The maximum absolute atomic E-state index is 12.1. The summed E-state index contributed by atoms with van der Waals surface area (Å²) in [6.45, 7) is 1.10. The van der Waals surface area contributed by atoms with Crippen molar-refractivity contribution in [1.29, 1.82) is 0 Å². The van der Waals surface area contributed by atoms with Crippen molar-refractivity contribution in [3.63, 3.8) is 0 Å². The summed E-state index contributed by atoms with van der Waals surface area (Å²) in [4.78, 5) is 12.1. The number of carbonyl (C=O) groups is 1. The van der Waals surface area contributed by atoms with Crippen LogP contribution in [0.5, 0.6) is 0 Å². The molecule has 0 N–H and O–H groups in total. The maximum atomic E-state index is 12.1. The summed E-state index contributed by atoms with van der Waals surface area (Å²) in [6, 6.07) is 3.64. The zero-order valence-electron chi connectivity index (χ0n) is 14.3. The standard InChI is InChI=1S/C17H23N3O4S/c1-22-11-9-20-16(14-8-5-10-23-14)18-19-17(20)25-12-15(21)24-13-6-3-2-4-7-13/h5,8,10,13H,2-4,6-7,9,11-12H2,1H3. The number of hydrogen-bond acceptors (Lipinski definition) is 7. The molecule has 1 aliphatic rings. The molecule has 7 nitrogen and oxygen atoms in total. The molecule has 2 heterocycles. The summed E-state index contributed by atoms with van der Waals surface area (Å²) < 4.78 is 18.0. The predicted octanol–water partition coefficient (Wildman–Crippen LogP) is 3.15. The second-order valence-electron chi connectivity index (χ2n) is 5.97. The summed E-state index contributed by atoms with van der Waals surface area (Å²) in [5.41, 5.74) is 0. The average molecular weight is 365 g/mol. The molecule has 25 heavy (non-hydrogen) atoms. The van der Waals surface area contributed by atoms with E-state index in [-0.39, 0.29) is 17.8 Å². The molecule has 8 heteroatoms. The number of nitrogens with zero attached hydrogens (tertiary/aromatic N) is 3. The molecule has 1 fully saturated rings. The van der Waals surface area contributed by atoms with Crippen LogP contribution in [0.1, 0.15) is 32.1 Å². The number of rotatable bonds is 8. The van der Waals surface area contributed by atoms with Gasteiger partial charge in [-0.05, 0) is 37.8 Å². The molecule has 0 unspecified atom stereocenters. The van der Waals surface area contributed by atoms with Gasteiger partial charge in [0, 0.05) is 7.11 Å². The van der Waals surface area contributed by atoms with Crippen LogP contribution < -0.4 is 0 Å². The van der Waals surface area contributed by atoms with E-state index < -0.39 is 0 Å². The lowest BCUT2D eigenvalue weighted by Crippen LogP contribution is -2.22. The Bertz CT molecular complexity index is 665. The van der Waals surface area contributed by atoms with Crippen LogP contribution in [-0.2, 0) is 20.8 Å². The Kier molecular flexibility index (Phi) is 6.52. The Morgan fingerprint density at radius 1 is 1.36 bits per heavy atom. The van der Waals surface area contributed by atoms with Crippen molar-refractivity contribution < 1.29 is 18.7 Å². The van der Waals surface area contributed by atoms with Gasteiger partial charge in [-0.15, -0.1) is 10.2 Å². The number of methoxy groups -OCH3 is 1.